The van der Waals surface area contributed by atoms with Crippen molar-refractivity contribution in [3.05, 3.63) is 36.0 Å². The summed E-state index contributed by atoms with van der Waals surface area (Å²) in [4.78, 5) is 16.1. The van der Waals surface area contributed by atoms with Crippen LogP contribution in [0.1, 0.15) is 30.1 Å². The smallest absolute Gasteiger partial charge is 0.257 e. The Morgan fingerprint density at radius 1 is 1.65 bits per heavy atom. The average Bonchev–Trinajstić information content (AvgIpc) is 2.83. The Hall–Kier alpha value is -1.84. The predicted molar refractivity (Wildman–Crippen MR) is 65.0 cm³/mol. The molecule has 1 amide bonds. The summed E-state index contributed by atoms with van der Waals surface area (Å²) in [5.74, 6) is 0.271. The Bertz CT molecular complexity index is 429. The highest BCUT2D eigenvalue weighted by Crippen LogP contribution is 2.16. The highest BCUT2D eigenvalue weighted by molar-refractivity contribution is 5.96. The summed E-state index contributed by atoms with van der Waals surface area (Å²) in [6.07, 6.45) is 7.72. The molecular formula is C13H16N2O2. The number of nitrogens with zero attached hydrogens (tertiary/aromatic N) is 1. The van der Waals surface area contributed by atoms with E-state index >= 15 is 0 Å². The largest absolute Gasteiger partial charge is 0.477 e. The highest BCUT2D eigenvalue weighted by atomic mass is 16.5. The molecule has 1 aromatic heterocycles. The molecule has 1 N–H and O–H groups in total. The normalized spacial score (nSPS) is 18.1. The molecule has 17 heavy (non-hydrogen) atoms. The van der Waals surface area contributed by atoms with Crippen molar-refractivity contribution in [1.82, 2.24) is 10.3 Å². The second-order valence-electron chi connectivity index (χ2n) is 3.87. The zero-order chi connectivity index (χ0) is 12.1. The first-order valence-corrected chi connectivity index (χ1v) is 5.86. The third-order valence-electron chi connectivity index (χ3n) is 2.63. The maximum atomic E-state index is 12.0. The number of hydrogen-bond acceptors (Lipinski definition) is 3. The van der Waals surface area contributed by atoms with E-state index in [2.05, 4.69) is 16.4 Å². The van der Waals surface area contributed by atoms with Crippen LogP contribution in [-0.2, 0) is 0 Å². The molecule has 0 bridgehead atoms. The molecule has 0 spiro atoms. The van der Waals surface area contributed by atoms with E-state index in [1.165, 1.54) is 0 Å². The Kier molecular flexibility index (Phi) is 3.75. The second kappa shape index (κ2) is 5.48. The third-order valence-corrected chi connectivity index (χ3v) is 2.63. The van der Waals surface area contributed by atoms with E-state index in [9.17, 15) is 4.79 Å². The molecule has 0 saturated carbocycles. The molecule has 2 rings (SSSR count). The van der Waals surface area contributed by atoms with Crippen LogP contribution >= 0.6 is 0 Å². The minimum atomic E-state index is -0.127. The molecule has 1 heterocycles. The van der Waals surface area contributed by atoms with Crippen molar-refractivity contribution in [3.8, 4) is 5.88 Å². The van der Waals surface area contributed by atoms with Gasteiger partial charge < -0.3 is 10.1 Å². The lowest BCUT2D eigenvalue weighted by atomic mass is 10.2. The summed E-state index contributed by atoms with van der Waals surface area (Å²) in [6, 6.07) is 3.60. The molecule has 0 aliphatic heterocycles. The SMILES string of the molecule is CCOc1ncccc1C(=O)NC1C=CCC1. The first kappa shape index (κ1) is 11.6. The number of nitrogens with one attached hydrogen (secondary N) is 1. The Balaban J connectivity index is 2.09. The topological polar surface area (TPSA) is 51.2 Å². The molecular weight excluding hydrogens is 216 g/mol. The fourth-order valence-corrected chi connectivity index (χ4v) is 1.81. The van der Waals surface area contributed by atoms with Gasteiger partial charge in [0.2, 0.25) is 5.88 Å². The minimum absolute atomic E-state index is 0.127. The van der Waals surface area contributed by atoms with Gasteiger partial charge in [0.05, 0.1) is 6.61 Å². The summed E-state index contributed by atoms with van der Waals surface area (Å²) in [7, 11) is 0. The quantitative estimate of drug-likeness (QED) is 0.807. The first-order valence-electron chi connectivity index (χ1n) is 5.86. The van der Waals surface area contributed by atoms with Gasteiger partial charge in [-0.1, -0.05) is 12.2 Å². The van der Waals surface area contributed by atoms with Crippen LogP contribution in [0, 0.1) is 0 Å². The number of pyridine rings is 1. The highest BCUT2D eigenvalue weighted by Gasteiger charge is 2.17. The van der Waals surface area contributed by atoms with Crippen molar-refractivity contribution in [2.75, 3.05) is 6.61 Å². The van der Waals surface area contributed by atoms with Gasteiger partial charge in [0.1, 0.15) is 5.56 Å². The second-order valence-corrected chi connectivity index (χ2v) is 3.87. The van der Waals surface area contributed by atoms with Crippen molar-refractivity contribution < 1.29 is 9.53 Å². The van der Waals surface area contributed by atoms with Crippen LogP contribution in [0.25, 0.3) is 0 Å². The Morgan fingerprint density at radius 2 is 2.53 bits per heavy atom. The molecule has 1 aromatic rings. The van der Waals surface area contributed by atoms with Gasteiger partial charge in [-0.25, -0.2) is 4.98 Å². The zero-order valence-electron chi connectivity index (χ0n) is 9.85. The number of aromatic nitrogens is 1. The number of carbonyl (C=O) groups excluding carboxylic acids is 1. The standard InChI is InChI=1S/C13H16N2O2/c1-2-17-13-11(8-5-9-14-13)12(16)15-10-6-3-4-7-10/h3,5-6,8-10H,2,4,7H2,1H3,(H,15,16). The van der Waals surface area contributed by atoms with E-state index in [0.717, 1.165) is 12.8 Å². The zero-order valence-corrected chi connectivity index (χ0v) is 9.85. The van der Waals surface area contributed by atoms with Crippen molar-refractivity contribution >= 4 is 5.91 Å². The van der Waals surface area contributed by atoms with Crippen LogP contribution in [0.15, 0.2) is 30.5 Å². The van der Waals surface area contributed by atoms with Crippen LogP contribution < -0.4 is 10.1 Å². The lowest BCUT2D eigenvalue weighted by molar-refractivity contribution is 0.0939. The van der Waals surface area contributed by atoms with Gasteiger partial charge >= 0.3 is 0 Å². The van der Waals surface area contributed by atoms with Crippen LogP contribution in [0.5, 0.6) is 5.88 Å². The molecule has 4 heteroatoms. The Morgan fingerprint density at radius 3 is 3.24 bits per heavy atom. The molecule has 0 aromatic carbocycles. The summed E-state index contributed by atoms with van der Waals surface area (Å²) in [5.41, 5.74) is 0.495. The number of allylic oxidation sites excluding steroid dienone is 1. The number of amides is 1. The van der Waals surface area contributed by atoms with Gasteiger partial charge in [0.15, 0.2) is 0 Å². The van der Waals surface area contributed by atoms with E-state index in [1.54, 1.807) is 18.3 Å². The summed E-state index contributed by atoms with van der Waals surface area (Å²) in [6.45, 7) is 2.37. The number of carbonyl (C=O) groups is 1. The van der Waals surface area contributed by atoms with E-state index in [4.69, 9.17) is 4.74 Å². The molecule has 0 radical (unpaired) electrons. The maximum Gasteiger partial charge on any atom is 0.257 e. The molecule has 1 atom stereocenters. The van der Waals surface area contributed by atoms with E-state index < -0.39 is 0 Å². The lowest BCUT2D eigenvalue weighted by Gasteiger charge is -2.12. The van der Waals surface area contributed by atoms with Crippen LogP contribution in [0.3, 0.4) is 0 Å². The van der Waals surface area contributed by atoms with Crippen molar-refractivity contribution in [2.24, 2.45) is 0 Å². The van der Waals surface area contributed by atoms with E-state index in [1.807, 2.05) is 13.0 Å². The molecule has 1 aliphatic rings. The molecule has 4 nitrogen and oxygen atoms in total. The fourth-order valence-electron chi connectivity index (χ4n) is 1.81. The fraction of sp³-hybridized carbons (Fsp3) is 0.385. The van der Waals surface area contributed by atoms with Gasteiger partial charge in [-0.3, -0.25) is 4.79 Å². The van der Waals surface area contributed by atoms with Gasteiger partial charge in [-0.2, -0.15) is 0 Å². The number of rotatable bonds is 4. The maximum absolute atomic E-state index is 12.0. The van der Waals surface area contributed by atoms with Crippen molar-refractivity contribution in [3.63, 3.8) is 0 Å². The monoisotopic (exact) mass is 232 g/mol. The third kappa shape index (κ3) is 2.84. The van der Waals surface area contributed by atoms with Gasteiger partial charge in [0.25, 0.3) is 5.91 Å². The first-order chi connectivity index (χ1) is 8.31. The van der Waals surface area contributed by atoms with Crippen LogP contribution in [0.2, 0.25) is 0 Å². The molecule has 1 aliphatic carbocycles. The molecule has 1 unspecified atom stereocenters. The van der Waals surface area contributed by atoms with Crippen LogP contribution in [0.4, 0.5) is 0 Å². The van der Waals surface area contributed by atoms with Gasteiger partial charge in [0, 0.05) is 12.2 Å². The van der Waals surface area contributed by atoms with Crippen molar-refractivity contribution in [2.45, 2.75) is 25.8 Å². The van der Waals surface area contributed by atoms with E-state index in [0.29, 0.717) is 18.1 Å². The van der Waals surface area contributed by atoms with Gasteiger partial charge in [-0.05, 0) is 31.9 Å². The predicted octanol–water partition coefficient (Wildman–Crippen LogP) is 1.93. The summed E-state index contributed by atoms with van der Waals surface area (Å²) >= 11 is 0. The van der Waals surface area contributed by atoms with Gasteiger partial charge in [-0.15, -0.1) is 0 Å². The number of ether oxygens (including phenoxy) is 1. The minimum Gasteiger partial charge on any atom is -0.477 e. The summed E-state index contributed by atoms with van der Waals surface area (Å²) < 4.78 is 5.33. The molecule has 90 valence electrons. The van der Waals surface area contributed by atoms with Crippen molar-refractivity contribution in [1.29, 1.82) is 0 Å². The Labute approximate surface area is 101 Å². The average molecular weight is 232 g/mol. The molecule has 0 saturated heterocycles. The van der Waals surface area contributed by atoms with E-state index in [-0.39, 0.29) is 11.9 Å². The van der Waals surface area contributed by atoms with Crippen LogP contribution in [-0.4, -0.2) is 23.5 Å². The molecule has 0 fully saturated rings. The summed E-state index contributed by atoms with van der Waals surface area (Å²) in [5, 5.41) is 2.95. The number of hydrogen-bond donors (Lipinski definition) is 1. The lowest BCUT2D eigenvalue weighted by Crippen LogP contribution is -2.32.